The number of nitrogens with one attached hydrogen (secondary N) is 1. The molecule has 0 atom stereocenters. The van der Waals surface area contributed by atoms with Crippen LogP contribution < -0.4 is 5.32 Å². The van der Waals surface area contributed by atoms with Crippen LogP contribution in [0.3, 0.4) is 0 Å². The number of hydrogen-bond donors (Lipinski definition) is 1. The molecule has 2 fully saturated rings. The molecule has 132 valence electrons. The average molecular weight is 350 g/mol. The van der Waals surface area contributed by atoms with Crippen molar-refractivity contribution < 1.29 is 9.53 Å². The Hall–Kier alpha value is -2.87. The van der Waals surface area contributed by atoms with Gasteiger partial charge in [0.1, 0.15) is 11.6 Å². The van der Waals surface area contributed by atoms with Gasteiger partial charge in [0.15, 0.2) is 5.82 Å². The predicted octanol–water partition coefficient (Wildman–Crippen LogP) is 2.16. The molecule has 0 bridgehead atoms. The summed E-state index contributed by atoms with van der Waals surface area (Å²) in [6.07, 6.45) is 5.85. The van der Waals surface area contributed by atoms with Crippen LogP contribution in [-0.4, -0.2) is 43.9 Å². The lowest BCUT2D eigenvalue weighted by Crippen LogP contribution is -2.27. The van der Waals surface area contributed by atoms with Gasteiger partial charge in [-0.2, -0.15) is 5.10 Å². The molecule has 0 unspecified atom stereocenters. The molecule has 8 nitrogen and oxygen atoms in total. The Morgan fingerprint density at radius 3 is 2.81 bits per heavy atom. The van der Waals surface area contributed by atoms with Gasteiger partial charge in [0.05, 0.1) is 30.3 Å². The number of carbonyl (C=O) groups excluding carboxylic acids is 1. The normalized spacial score (nSPS) is 17.3. The van der Waals surface area contributed by atoms with Crippen LogP contribution in [0, 0.1) is 0 Å². The van der Waals surface area contributed by atoms with Crippen LogP contribution in [0.2, 0.25) is 0 Å². The number of hydrogen-bond acceptors (Lipinski definition) is 6. The molecule has 3 aromatic rings. The summed E-state index contributed by atoms with van der Waals surface area (Å²) < 4.78 is 7.08. The Kier molecular flexibility index (Phi) is 3.46. The van der Waals surface area contributed by atoms with Crippen molar-refractivity contribution in [2.75, 3.05) is 18.5 Å². The summed E-state index contributed by atoms with van der Waals surface area (Å²) in [5.74, 6) is 2.58. The molecule has 1 saturated carbocycles. The zero-order valence-electron chi connectivity index (χ0n) is 14.3. The van der Waals surface area contributed by atoms with E-state index in [9.17, 15) is 4.79 Å². The molecule has 0 radical (unpaired) electrons. The zero-order chi connectivity index (χ0) is 17.7. The van der Waals surface area contributed by atoms with Crippen LogP contribution in [0.4, 0.5) is 5.82 Å². The molecular weight excluding hydrogens is 332 g/mol. The van der Waals surface area contributed by atoms with Gasteiger partial charge in [0.2, 0.25) is 5.91 Å². The number of ether oxygens (including phenoxy) is 1. The fourth-order valence-electron chi connectivity index (χ4n) is 3.18. The Labute approximate surface area is 149 Å². The molecule has 2 aliphatic rings. The van der Waals surface area contributed by atoms with Crippen molar-refractivity contribution in [2.45, 2.75) is 31.6 Å². The van der Waals surface area contributed by atoms with Crippen molar-refractivity contribution in [2.24, 2.45) is 0 Å². The van der Waals surface area contributed by atoms with Crippen LogP contribution in [0.1, 0.15) is 43.1 Å². The summed E-state index contributed by atoms with van der Waals surface area (Å²) in [6.45, 7) is 2.79. The van der Waals surface area contributed by atoms with Gasteiger partial charge in [-0.1, -0.05) is 0 Å². The predicted molar refractivity (Wildman–Crippen MR) is 94.3 cm³/mol. The topological polar surface area (TPSA) is 94.8 Å². The molecule has 3 aromatic heterocycles. The van der Waals surface area contributed by atoms with Crippen molar-refractivity contribution in [3.05, 3.63) is 36.0 Å². The van der Waals surface area contributed by atoms with E-state index < -0.39 is 0 Å². The highest BCUT2D eigenvalue weighted by atomic mass is 16.5. The second kappa shape index (κ2) is 5.84. The van der Waals surface area contributed by atoms with E-state index in [4.69, 9.17) is 14.8 Å². The SMILES string of the molecule is CC(=O)Nc1cc2c(cn1)c(C1CC1)nn2-c1ccnc(C2COC2)n1. The number of pyridine rings is 1. The molecule has 0 aromatic carbocycles. The Morgan fingerprint density at radius 1 is 1.27 bits per heavy atom. The molecule has 5 rings (SSSR count). The highest BCUT2D eigenvalue weighted by Crippen LogP contribution is 2.42. The smallest absolute Gasteiger partial charge is 0.222 e. The van der Waals surface area contributed by atoms with Gasteiger partial charge < -0.3 is 10.1 Å². The quantitative estimate of drug-likeness (QED) is 0.775. The number of aromatic nitrogens is 5. The summed E-state index contributed by atoms with van der Waals surface area (Å²) in [4.78, 5) is 24.8. The summed E-state index contributed by atoms with van der Waals surface area (Å²) in [5.41, 5.74) is 1.94. The van der Waals surface area contributed by atoms with Crippen LogP contribution in [-0.2, 0) is 9.53 Å². The third kappa shape index (κ3) is 2.62. The standard InChI is InChI=1S/C18H18N6O2/c1-10(25)21-15-6-14-13(7-20-15)17(11-2-3-11)23-24(14)16-4-5-19-18(22-16)12-8-26-9-12/h4-7,11-12H,2-3,8-9H2,1H3,(H,20,21,25). The minimum absolute atomic E-state index is 0.153. The molecule has 1 aliphatic heterocycles. The van der Waals surface area contributed by atoms with Crippen molar-refractivity contribution >= 4 is 22.6 Å². The largest absolute Gasteiger partial charge is 0.380 e. The van der Waals surface area contributed by atoms with E-state index in [1.54, 1.807) is 12.4 Å². The third-order valence-corrected chi connectivity index (χ3v) is 4.74. The van der Waals surface area contributed by atoms with E-state index >= 15 is 0 Å². The van der Waals surface area contributed by atoms with Crippen molar-refractivity contribution in [1.82, 2.24) is 24.7 Å². The maximum atomic E-state index is 11.4. The van der Waals surface area contributed by atoms with Gasteiger partial charge in [-0.25, -0.2) is 19.6 Å². The summed E-state index contributed by atoms with van der Waals surface area (Å²) in [5, 5.41) is 8.57. The van der Waals surface area contributed by atoms with E-state index in [1.165, 1.54) is 6.92 Å². The molecule has 1 saturated heterocycles. The second-order valence-electron chi connectivity index (χ2n) is 6.85. The maximum Gasteiger partial charge on any atom is 0.222 e. The van der Waals surface area contributed by atoms with Crippen LogP contribution in [0.15, 0.2) is 24.5 Å². The Bertz CT molecular complexity index is 1010. The van der Waals surface area contributed by atoms with Crippen molar-refractivity contribution in [3.8, 4) is 5.82 Å². The molecular formula is C18H18N6O2. The lowest BCUT2D eigenvalue weighted by molar-refractivity contribution is -0.114. The Morgan fingerprint density at radius 2 is 2.12 bits per heavy atom. The zero-order valence-corrected chi connectivity index (χ0v) is 14.3. The minimum Gasteiger partial charge on any atom is -0.380 e. The highest BCUT2D eigenvalue weighted by molar-refractivity contribution is 5.91. The van der Waals surface area contributed by atoms with E-state index in [1.807, 2.05) is 16.8 Å². The highest BCUT2D eigenvalue weighted by Gasteiger charge is 2.30. The van der Waals surface area contributed by atoms with Gasteiger partial charge in [0.25, 0.3) is 0 Å². The third-order valence-electron chi connectivity index (χ3n) is 4.74. The maximum absolute atomic E-state index is 11.4. The second-order valence-corrected chi connectivity index (χ2v) is 6.85. The first-order valence-corrected chi connectivity index (χ1v) is 8.76. The minimum atomic E-state index is -0.153. The lowest BCUT2D eigenvalue weighted by Gasteiger charge is -2.24. The first-order chi connectivity index (χ1) is 12.7. The van der Waals surface area contributed by atoms with E-state index in [-0.39, 0.29) is 11.8 Å². The monoisotopic (exact) mass is 350 g/mol. The Balaban J connectivity index is 1.64. The van der Waals surface area contributed by atoms with Crippen molar-refractivity contribution in [3.63, 3.8) is 0 Å². The summed E-state index contributed by atoms with van der Waals surface area (Å²) in [7, 11) is 0. The van der Waals surface area contributed by atoms with Gasteiger partial charge in [-0.3, -0.25) is 4.79 Å². The van der Waals surface area contributed by atoms with E-state index in [2.05, 4.69) is 15.3 Å². The molecule has 1 N–H and O–H groups in total. The lowest BCUT2D eigenvalue weighted by atomic mass is 10.1. The fraction of sp³-hybridized carbons (Fsp3) is 0.389. The molecule has 0 spiro atoms. The number of fused-ring (bicyclic) bond motifs is 1. The van der Waals surface area contributed by atoms with Gasteiger partial charge >= 0.3 is 0 Å². The van der Waals surface area contributed by atoms with Gasteiger partial charge in [-0.05, 0) is 12.8 Å². The van der Waals surface area contributed by atoms with Gasteiger partial charge in [-0.15, -0.1) is 0 Å². The first-order valence-electron chi connectivity index (χ1n) is 8.76. The molecule has 8 heteroatoms. The number of carbonyl (C=O) groups is 1. The summed E-state index contributed by atoms with van der Waals surface area (Å²) in [6, 6.07) is 3.70. The van der Waals surface area contributed by atoms with Crippen LogP contribution in [0.5, 0.6) is 0 Å². The average Bonchev–Trinajstić information content (AvgIpc) is 3.34. The van der Waals surface area contributed by atoms with Crippen LogP contribution in [0.25, 0.3) is 16.7 Å². The molecule has 1 aliphatic carbocycles. The molecule has 1 amide bonds. The molecule has 4 heterocycles. The number of nitrogens with zero attached hydrogens (tertiary/aromatic N) is 5. The van der Waals surface area contributed by atoms with Crippen molar-refractivity contribution in [1.29, 1.82) is 0 Å². The summed E-state index contributed by atoms with van der Waals surface area (Å²) >= 11 is 0. The molecule has 26 heavy (non-hydrogen) atoms. The first kappa shape index (κ1) is 15.4. The number of rotatable bonds is 4. The fourth-order valence-corrected chi connectivity index (χ4v) is 3.18. The van der Waals surface area contributed by atoms with Gasteiger partial charge in [0, 0.05) is 42.8 Å². The van der Waals surface area contributed by atoms with E-state index in [0.29, 0.717) is 24.9 Å². The number of anilines is 1. The van der Waals surface area contributed by atoms with E-state index in [0.717, 1.165) is 41.1 Å². The number of amides is 1. The van der Waals surface area contributed by atoms with Crippen LogP contribution >= 0.6 is 0 Å².